The number of rotatable bonds is 1. The van der Waals surface area contributed by atoms with Crippen LogP contribution in [0.25, 0.3) is 10.9 Å². The average molecular weight is 293 g/mol. The molecule has 0 fully saturated rings. The lowest BCUT2D eigenvalue weighted by Crippen LogP contribution is -2.20. The van der Waals surface area contributed by atoms with E-state index >= 15 is 0 Å². The molecule has 0 bridgehead atoms. The van der Waals surface area contributed by atoms with Crippen LogP contribution in [0.5, 0.6) is 0 Å². The Morgan fingerprint density at radius 2 is 2.25 bits per heavy atom. The van der Waals surface area contributed by atoms with Gasteiger partial charge in [-0.1, -0.05) is 0 Å². The normalized spacial score (nSPS) is 17.4. The summed E-state index contributed by atoms with van der Waals surface area (Å²) >= 11 is 0.468. The zero-order chi connectivity index (χ0) is 14.4. The Labute approximate surface area is 118 Å². The molecule has 1 unspecified atom stereocenters. The van der Waals surface area contributed by atoms with Gasteiger partial charge in [-0.25, -0.2) is 9.18 Å². The first-order valence-electron chi connectivity index (χ1n) is 6.25. The van der Waals surface area contributed by atoms with E-state index in [1.807, 2.05) is 11.5 Å². The fourth-order valence-electron chi connectivity index (χ4n) is 2.72. The third-order valence-electron chi connectivity index (χ3n) is 3.64. The summed E-state index contributed by atoms with van der Waals surface area (Å²) in [4.78, 5) is 23.3. The van der Waals surface area contributed by atoms with Crippen molar-refractivity contribution in [3.05, 3.63) is 39.9 Å². The molecule has 0 saturated heterocycles. The summed E-state index contributed by atoms with van der Waals surface area (Å²) in [6.45, 7) is 2.01. The Balaban J connectivity index is 2.40. The predicted molar refractivity (Wildman–Crippen MR) is 75.1 cm³/mol. The Kier molecular flexibility index (Phi) is 3.05. The number of thioether (sulfide) groups is 1. The molecule has 0 saturated carbocycles. The van der Waals surface area contributed by atoms with Crippen LogP contribution in [0.3, 0.4) is 0 Å². The van der Waals surface area contributed by atoms with E-state index in [-0.39, 0.29) is 16.3 Å². The molecule has 1 N–H and O–H groups in total. The minimum absolute atomic E-state index is 0.121. The number of halogens is 1. The lowest BCUT2D eigenvalue weighted by atomic mass is 9.97. The molecule has 104 valence electrons. The van der Waals surface area contributed by atoms with E-state index < -0.39 is 16.5 Å². The molecule has 1 aliphatic rings. The number of aryl methyl sites for hydroxylation is 1. The van der Waals surface area contributed by atoms with Gasteiger partial charge in [0.1, 0.15) is 5.82 Å². The molecular formula is C14H12FNO3S. The van der Waals surface area contributed by atoms with E-state index in [9.17, 15) is 14.0 Å². The third kappa shape index (κ3) is 2.00. The number of aromatic nitrogens is 1. The molecule has 0 aliphatic carbocycles. The third-order valence-corrected chi connectivity index (χ3v) is 4.33. The monoisotopic (exact) mass is 293 g/mol. The van der Waals surface area contributed by atoms with Crippen LogP contribution in [0.4, 0.5) is 9.18 Å². The molecule has 1 atom stereocenters. The first kappa shape index (κ1) is 13.2. The van der Waals surface area contributed by atoms with Gasteiger partial charge in [0.25, 0.3) is 0 Å². The number of hydrogen-bond donors (Lipinski definition) is 1. The highest BCUT2D eigenvalue weighted by atomic mass is 32.2. The van der Waals surface area contributed by atoms with Crippen molar-refractivity contribution in [3.8, 4) is 0 Å². The van der Waals surface area contributed by atoms with Crippen molar-refractivity contribution in [2.24, 2.45) is 0 Å². The minimum atomic E-state index is -1.14. The van der Waals surface area contributed by atoms with Gasteiger partial charge in [0.15, 0.2) is 0 Å². The van der Waals surface area contributed by atoms with Crippen LogP contribution >= 0.6 is 11.8 Å². The quantitative estimate of drug-likeness (QED) is 0.818. The molecule has 0 amide bonds. The molecule has 2 heterocycles. The predicted octanol–water partition coefficient (Wildman–Crippen LogP) is 3.42. The zero-order valence-electron chi connectivity index (χ0n) is 10.7. The fraction of sp³-hybridized carbons (Fsp3) is 0.286. The van der Waals surface area contributed by atoms with Gasteiger partial charge < -0.3 is 9.67 Å². The number of benzene rings is 1. The van der Waals surface area contributed by atoms with Gasteiger partial charge in [-0.3, -0.25) is 4.79 Å². The van der Waals surface area contributed by atoms with Crippen molar-refractivity contribution in [1.82, 2.24) is 4.57 Å². The summed E-state index contributed by atoms with van der Waals surface area (Å²) in [6.07, 6.45) is 3.14. The average Bonchev–Trinajstić information content (AvgIpc) is 2.37. The Hall–Kier alpha value is -1.82. The molecule has 4 nitrogen and oxygen atoms in total. The van der Waals surface area contributed by atoms with Crippen LogP contribution in [-0.4, -0.2) is 15.0 Å². The van der Waals surface area contributed by atoms with Crippen molar-refractivity contribution in [3.63, 3.8) is 0 Å². The number of hydrogen-bond acceptors (Lipinski definition) is 3. The van der Waals surface area contributed by atoms with Gasteiger partial charge in [0.05, 0.1) is 15.8 Å². The summed E-state index contributed by atoms with van der Waals surface area (Å²) < 4.78 is 15.5. The number of carbonyl (C=O) groups is 1. The molecule has 0 spiro atoms. The van der Waals surface area contributed by atoms with Gasteiger partial charge in [-0.15, -0.1) is 0 Å². The second-order valence-electron chi connectivity index (χ2n) is 4.95. The van der Waals surface area contributed by atoms with Crippen LogP contribution in [0.1, 0.15) is 24.9 Å². The van der Waals surface area contributed by atoms with E-state index in [1.165, 1.54) is 12.1 Å². The highest BCUT2D eigenvalue weighted by molar-refractivity contribution is 8.13. The second-order valence-corrected chi connectivity index (χ2v) is 5.94. The van der Waals surface area contributed by atoms with Gasteiger partial charge in [-0.2, -0.15) is 0 Å². The maximum absolute atomic E-state index is 13.6. The molecule has 0 radical (unpaired) electrons. The highest BCUT2D eigenvalue weighted by Crippen LogP contribution is 2.32. The highest BCUT2D eigenvalue weighted by Gasteiger charge is 2.22. The molecule has 1 aromatic carbocycles. The van der Waals surface area contributed by atoms with E-state index in [2.05, 4.69) is 0 Å². The lowest BCUT2D eigenvalue weighted by molar-refractivity contribution is 0.222. The molecule has 3 rings (SSSR count). The van der Waals surface area contributed by atoms with Crippen LogP contribution < -0.4 is 5.43 Å². The number of carboxylic acid groups (broad SMARTS) is 1. The van der Waals surface area contributed by atoms with Crippen molar-refractivity contribution in [1.29, 1.82) is 0 Å². The van der Waals surface area contributed by atoms with E-state index in [0.717, 1.165) is 23.9 Å². The number of pyridine rings is 1. The Morgan fingerprint density at radius 1 is 1.50 bits per heavy atom. The van der Waals surface area contributed by atoms with E-state index in [1.54, 1.807) is 6.20 Å². The van der Waals surface area contributed by atoms with Crippen LogP contribution in [0, 0.1) is 5.82 Å². The SMILES string of the molecule is CC1CCc2cc(F)cc3c(=O)c(SC(=O)O)cn1c23. The lowest BCUT2D eigenvalue weighted by Gasteiger charge is -2.26. The Bertz CT molecular complexity index is 784. The standard InChI is InChI=1S/C14H12FNO3S/c1-7-2-3-8-4-9(15)5-10-12(8)16(7)6-11(13(10)17)20-14(18)19/h4-7H,2-3H2,1H3,(H,18,19). The number of nitrogens with zero attached hydrogens (tertiary/aromatic N) is 1. The molecule has 1 aliphatic heterocycles. The second kappa shape index (κ2) is 4.63. The molecule has 20 heavy (non-hydrogen) atoms. The van der Waals surface area contributed by atoms with Crippen LogP contribution in [0.15, 0.2) is 28.0 Å². The molecule has 1 aromatic heterocycles. The summed E-state index contributed by atoms with van der Waals surface area (Å²) in [6, 6.07) is 2.81. The summed E-state index contributed by atoms with van der Waals surface area (Å²) in [5, 5.41) is 7.97. The van der Waals surface area contributed by atoms with Crippen molar-refractivity contribution < 1.29 is 14.3 Å². The van der Waals surface area contributed by atoms with Crippen molar-refractivity contribution in [2.45, 2.75) is 30.7 Å². The smallest absolute Gasteiger partial charge is 0.369 e. The van der Waals surface area contributed by atoms with E-state index in [0.29, 0.717) is 11.8 Å². The fourth-order valence-corrected chi connectivity index (χ4v) is 3.28. The van der Waals surface area contributed by atoms with Gasteiger partial charge in [0, 0.05) is 12.2 Å². The molecule has 6 heteroatoms. The van der Waals surface area contributed by atoms with Crippen LogP contribution in [0.2, 0.25) is 0 Å². The molecular weight excluding hydrogens is 281 g/mol. The maximum Gasteiger partial charge on any atom is 0.369 e. The largest absolute Gasteiger partial charge is 0.473 e. The summed E-state index contributed by atoms with van der Waals surface area (Å²) in [7, 11) is 0. The first-order chi connectivity index (χ1) is 9.47. The van der Waals surface area contributed by atoms with Crippen molar-refractivity contribution >= 4 is 28.0 Å². The first-order valence-corrected chi connectivity index (χ1v) is 7.07. The minimum Gasteiger partial charge on any atom is -0.473 e. The Morgan fingerprint density at radius 3 is 2.95 bits per heavy atom. The van der Waals surface area contributed by atoms with E-state index in [4.69, 9.17) is 5.11 Å². The summed E-state index contributed by atoms with van der Waals surface area (Å²) in [5.74, 6) is -0.455. The summed E-state index contributed by atoms with van der Waals surface area (Å²) in [5.41, 5.74) is 1.12. The zero-order valence-corrected chi connectivity index (χ0v) is 11.5. The molecule has 2 aromatic rings. The maximum atomic E-state index is 13.6. The van der Waals surface area contributed by atoms with Gasteiger partial charge >= 0.3 is 5.30 Å². The van der Waals surface area contributed by atoms with Crippen LogP contribution in [-0.2, 0) is 6.42 Å². The van der Waals surface area contributed by atoms with Crippen molar-refractivity contribution in [2.75, 3.05) is 0 Å². The van der Waals surface area contributed by atoms with Gasteiger partial charge in [0.2, 0.25) is 5.43 Å². The topological polar surface area (TPSA) is 59.3 Å². The van der Waals surface area contributed by atoms with Gasteiger partial charge in [-0.05, 0) is 49.2 Å².